The molecule has 0 saturated carbocycles. The minimum atomic E-state index is -1.29. The third kappa shape index (κ3) is 6.06. The molecule has 0 aliphatic carbocycles. The van der Waals surface area contributed by atoms with Gasteiger partial charge in [-0.15, -0.1) is 0 Å². The van der Waals surface area contributed by atoms with Gasteiger partial charge in [0, 0.05) is 6.54 Å². The molecule has 1 rings (SSSR count). The van der Waals surface area contributed by atoms with E-state index in [1.54, 1.807) is 18.2 Å². The van der Waals surface area contributed by atoms with E-state index < -0.39 is 18.0 Å². The fraction of sp³-hybridized carbons (Fsp3) is 0.500. The van der Waals surface area contributed by atoms with Gasteiger partial charge in [0.15, 0.2) is 11.5 Å². The summed E-state index contributed by atoms with van der Waals surface area (Å²) >= 11 is 0. The minimum Gasteiger partial charge on any atom is -0.548 e. The second-order valence-electron chi connectivity index (χ2n) is 5.52. The van der Waals surface area contributed by atoms with Crippen molar-refractivity contribution in [3.8, 4) is 11.5 Å². The van der Waals surface area contributed by atoms with Gasteiger partial charge in [0.25, 0.3) is 0 Å². The Hall–Kier alpha value is -2.44. The molecule has 2 amide bonds. The molecule has 2 N–H and O–H groups in total. The van der Waals surface area contributed by atoms with Crippen LogP contribution in [0.1, 0.15) is 25.8 Å². The van der Waals surface area contributed by atoms with E-state index in [1.807, 2.05) is 13.8 Å². The third-order valence-corrected chi connectivity index (χ3v) is 3.20. The van der Waals surface area contributed by atoms with E-state index in [2.05, 4.69) is 10.6 Å². The quantitative estimate of drug-likeness (QED) is 0.732. The van der Waals surface area contributed by atoms with Gasteiger partial charge in [-0.05, 0) is 30.0 Å². The standard InChI is InChI=1S/C16H24N2O5/c1-10(2)7-12(15(19)20)18-16(21)17-9-11-5-6-13(22-3)14(8-11)23-4/h5-6,8,10,12H,7,9H2,1-4H3,(H,19,20)(H2,17,18,21)/p-1/t12-/m0/s1. The maximum Gasteiger partial charge on any atom is 0.315 e. The Bertz CT molecular complexity index is 545. The lowest BCUT2D eigenvalue weighted by atomic mass is 10.0. The molecule has 1 aromatic carbocycles. The molecule has 0 heterocycles. The second kappa shape index (κ2) is 8.87. The van der Waals surface area contributed by atoms with E-state index in [1.165, 1.54) is 14.2 Å². The number of amides is 2. The molecule has 0 unspecified atom stereocenters. The molecule has 7 heteroatoms. The summed E-state index contributed by atoms with van der Waals surface area (Å²) < 4.78 is 10.3. The number of nitrogens with one attached hydrogen (secondary N) is 2. The van der Waals surface area contributed by atoms with Gasteiger partial charge in [-0.2, -0.15) is 0 Å². The zero-order chi connectivity index (χ0) is 17.4. The Morgan fingerprint density at radius 1 is 1.17 bits per heavy atom. The maximum absolute atomic E-state index is 11.8. The largest absolute Gasteiger partial charge is 0.548 e. The smallest absolute Gasteiger partial charge is 0.315 e. The van der Waals surface area contributed by atoms with E-state index in [-0.39, 0.29) is 12.5 Å². The van der Waals surface area contributed by atoms with Crippen LogP contribution in [0.4, 0.5) is 4.79 Å². The van der Waals surface area contributed by atoms with Crippen LogP contribution in [-0.4, -0.2) is 32.3 Å². The number of carboxylic acid groups (broad SMARTS) is 1. The molecule has 1 aromatic rings. The lowest BCUT2D eigenvalue weighted by Gasteiger charge is -2.21. The van der Waals surface area contributed by atoms with Crippen molar-refractivity contribution in [2.75, 3.05) is 14.2 Å². The van der Waals surface area contributed by atoms with Gasteiger partial charge in [-0.1, -0.05) is 19.9 Å². The van der Waals surface area contributed by atoms with Crippen LogP contribution in [0.2, 0.25) is 0 Å². The average molecular weight is 323 g/mol. The highest BCUT2D eigenvalue weighted by Crippen LogP contribution is 2.27. The summed E-state index contributed by atoms with van der Waals surface area (Å²) in [5.74, 6) is -0.0155. The summed E-state index contributed by atoms with van der Waals surface area (Å²) in [7, 11) is 3.07. The maximum atomic E-state index is 11.8. The van der Waals surface area contributed by atoms with Crippen LogP contribution in [0.5, 0.6) is 11.5 Å². The molecule has 0 aliphatic rings. The van der Waals surface area contributed by atoms with E-state index in [0.717, 1.165) is 5.56 Å². The Balaban J connectivity index is 2.60. The van der Waals surface area contributed by atoms with Crippen molar-refractivity contribution in [1.82, 2.24) is 10.6 Å². The molecule has 0 aromatic heterocycles. The Kier molecular flexibility index (Phi) is 7.18. The normalized spacial score (nSPS) is 11.7. The number of rotatable bonds is 8. The summed E-state index contributed by atoms with van der Waals surface area (Å²) in [5, 5.41) is 16.0. The summed E-state index contributed by atoms with van der Waals surface area (Å²) in [6.07, 6.45) is 0.312. The molecule has 1 atom stereocenters. The lowest BCUT2D eigenvalue weighted by Crippen LogP contribution is -2.51. The molecular formula is C16H23N2O5-. The first-order valence-electron chi connectivity index (χ1n) is 7.33. The summed E-state index contributed by atoms with van der Waals surface area (Å²) in [6, 6.07) is 3.68. The first kappa shape index (κ1) is 18.6. The minimum absolute atomic E-state index is 0.129. The van der Waals surface area contributed by atoms with Crippen LogP contribution in [-0.2, 0) is 11.3 Å². The average Bonchev–Trinajstić information content (AvgIpc) is 2.51. The molecule has 0 bridgehead atoms. The van der Waals surface area contributed by atoms with E-state index in [4.69, 9.17) is 9.47 Å². The number of carboxylic acids is 1. The third-order valence-electron chi connectivity index (χ3n) is 3.20. The molecular weight excluding hydrogens is 300 g/mol. The van der Waals surface area contributed by atoms with Crippen LogP contribution < -0.4 is 25.2 Å². The van der Waals surface area contributed by atoms with Crippen molar-refractivity contribution in [3.05, 3.63) is 23.8 Å². The molecule has 7 nitrogen and oxygen atoms in total. The summed E-state index contributed by atoms with van der Waals surface area (Å²) in [4.78, 5) is 22.8. The van der Waals surface area contributed by atoms with Gasteiger partial charge in [0.2, 0.25) is 0 Å². The van der Waals surface area contributed by atoms with Gasteiger partial charge in [-0.3, -0.25) is 0 Å². The second-order valence-corrected chi connectivity index (χ2v) is 5.52. The van der Waals surface area contributed by atoms with E-state index in [0.29, 0.717) is 17.9 Å². The fourth-order valence-electron chi connectivity index (χ4n) is 2.07. The molecule has 0 aliphatic heterocycles. The number of hydrogen-bond acceptors (Lipinski definition) is 5. The summed E-state index contributed by atoms with van der Waals surface area (Å²) in [5.41, 5.74) is 0.798. The molecule has 128 valence electrons. The van der Waals surface area contributed by atoms with Gasteiger partial charge < -0.3 is 30.0 Å². The van der Waals surface area contributed by atoms with Crippen LogP contribution in [0.25, 0.3) is 0 Å². The van der Waals surface area contributed by atoms with Crippen LogP contribution in [0.3, 0.4) is 0 Å². The predicted molar refractivity (Wildman–Crippen MR) is 83.2 cm³/mol. The highest BCUT2D eigenvalue weighted by molar-refractivity contribution is 5.81. The van der Waals surface area contributed by atoms with Gasteiger partial charge in [0.05, 0.1) is 26.2 Å². The monoisotopic (exact) mass is 323 g/mol. The number of hydrogen-bond donors (Lipinski definition) is 2. The summed E-state index contributed by atoms with van der Waals surface area (Å²) in [6.45, 7) is 3.98. The van der Waals surface area contributed by atoms with Crippen LogP contribution in [0.15, 0.2) is 18.2 Å². The Labute approximate surface area is 136 Å². The molecule has 0 spiro atoms. The van der Waals surface area contributed by atoms with Crippen molar-refractivity contribution < 1.29 is 24.2 Å². The number of urea groups is 1. The first-order valence-corrected chi connectivity index (χ1v) is 7.33. The van der Waals surface area contributed by atoms with E-state index in [9.17, 15) is 14.7 Å². The molecule has 23 heavy (non-hydrogen) atoms. The number of ether oxygens (including phenoxy) is 2. The molecule has 0 radical (unpaired) electrons. The Morgan fingerprint density at radius 2 is 1.83 bits per heavy atom. The van der Waals surface area contributed by atoms with Crippen LogP contribution >= 0.6 is 0 Å². The SMILES string of the molecule is COc1ccc(CNC(=O)N[C@@H](CC(C)C)C(=O)[O-])cc1OC. The first-order chi connectivity index (χ1) is 10.9. The van der Waals surface area contributed by atoms with Crippen molar-refractivity contribution in [3.63, 3.8) is 0 Å². The number of carbonyl (C=O) groups excluding carboxylic acids is 2. The van der Waals surface area contributed by atoms with Crippen molar-refractivity contribution >= 4 is 12.0 Å². The van der Waals surface area contributed by atoms with Crippen molar-refractivity contribution in [2.45, 2.75) is 32.9 Å². The van der Waals surface area contributed by atoms with Crippen molar-refractivity contribution in [2.24, 2.45) is 5.92 Å². The number of aliphatic carboxylic acids is 1. The molecule has 0 saturated heterocycles. The number of methoxy groups -OCH3 is 2. The topological polar surface area (TPSA) is 99.7 Å². The number of benzene rings is 1. The van der Waals surface area contributed by atoms with Gasteiger partial charge in [0.1, 0.15) is 0 Å². The highest BCUT2D eigenvalue weighted by atomic mass is 16.5. The predicted octanol–water partition coefficient (Wildman–Crippen LogP) is 0.668. The van der Waals surface area contributed by atoms with Crippen LogP contribution in [0, 0.1) is 5.92 Å². The zero-order valence-electron chi connectivity index (χ0n) is 13.8. The molecule has 0 fully saturated rings. The highest BCUT2D eigenvalue weighted by Gasteiger charge is 2.15. The van der Waals surface area contributed by atoms with E-state index >= 15 is 0 Å². The Morgan fingerprint density at radius 3 is 2.35 bits per heavy atom. The number of carbonyl (C=O) groups is 2. The van der Waals surface area contributed by atoms with Crippen molar-refractivity contribution in [1.29, 1.82) is 0 Å². The van der Waals surface area contributed by atoms with Gasteiger partial charge in [-0.25, -0.2) is 4.79 Å². The lowest BCUT2D eigenvalue weighted by molar-refractivity contribution is -0.308. The fourth-order valence-corrected chi connectivity index (χ4v) is 2.07. The van der Waals surface area contributed by atoms with Gasteiger partial charge >= 0.3 is 6.03 Å². The zero-order valence-corrected chi connectivity index (χ0v) is 13.8.